The predicted octanol–water partition coefficient (Wildman–Crippen LogP) is 1.69. The van der Waals surface area contributed by atoms with Gasteiger partial charge in [0.05, 0.1) is 0 Å². The molecule has 0 amide bonds. The molecule has 0 radical (unpaired) electrons. The van der Waals surface area contributed by atoms with Crippen LogP contribution < -0.4 is 0 Å². The van der Waals surface area contributed by atoms with E-state index in [0.29, 0.717) is 18.4 Å². The van der Waals surface area contributed by atoms with Gasteiger partial charge in [-0.2, -0.15) is 0 Å². The highest BCUT2D eigenvalue weighted by Gasteiger charge is 2.43. The summed E-state index contributed by atoms with van der Waals surface area (Å²) >= 11 is 0. The van der Waals surface area contributed by atoms with Gasteiger partial charge in [0.25, 0.3) is 0 Å². The zero-order valence-electron chi connectivity index (χ0n) is 8.35. The molecule has 0 aliphatic heterocycles. The lowest BCUT2D eigenvalue weighted by atomic mass is 9.88. The molecule has 4 atom stereocenters. The van der Waals surface area contributed by atoms with Crippen molar-refractivity contribution in [3.63, 3.8) is 0 Å². The molecular weight excluding hydrogens is 180 g/mol. The molecule has 1 N–H and O–H groups in total. The third kappa shape index (κ3) is 1.57. The maximum Gasteiger partial charge on any atom is 0.333 e. The largest absolute Gasteiger partial charge is 0.479 e. The van der Waals surface area contributed by atoms with Crippen molar-refractivity contribution >= 4 is 5.97 Å². The van der Waals surface area contributed by atoms with E-state index in [9.17, 15) is 4.79 Å². The van der Waals surface area contributed by atoms with Crippen molar-refractivity contribution in [2.24, 2.45) is 17.8 Å². The lowest BCUT2D eigenvalue weighted by Gasteiger charge is -2.24. The van der Waals surface area contributed by atoms with E-state index in [2.05, 4.69) is 12.2 Å². The molecule has 2 aliphatic rings. The molecule has 0 aromatic heterocycles. The van der Waals surface area contributed by atoms with E-state index >= 15 is 0 Å². The first-order chi connectivity index (χ1) is 6.72. The second-order valence-corrected chi connectivity index (χ2v) is 4.16. The van der Waals surface area contributed by atoms with Crippen molar-refractivity contribution in [1.82, 2.24) is 0 Å². The average Bonchev–Trinajstić information content (AvgIpc) is 2.74. The summed E-state index contributed by atoms with van der Waals surface area (Å²) in [4.78, 5) is 11.0. The van der Waals surface area contributed by atoms with Gasteiger partial charge in [-0.3, -0.25) is 0 Å². The molecule has 78 valence electrons. The smallest absolute Gasteiger partial charge is 0.333 e. The Balaban J connectivity index is 2.05. The first-order valence-corrected chi connectivity index (χ1v) is 5.25. The fraction of sp³-hybridized carbons (Fsp3) is 0.727. The Morgan fingerprint density at radius 2 is 2.36 bits per heavy atom. The van der Waals surface area contributed by atoms with Crippen molar-refractivity contribution in [3.05, 3.63) is 12.2 Å². The van der Waals surface area contributed by atoms with Gasteiger partial charge < -0.3 is 9.84 Å². The Morgan fingerprint density at radius 1 is 1.57 bits per heavy atom. The summed E-state index contributed by atoms with van der Waals surface area (Å²) in [7, 11) is 0. The van der Waals surface area contributed by atoms with Gasteiger partial charge in [0.1, 0.15) is 0 Å². The second-order valence-electron chi connectivity index (χ2n) is 4.16. The number of carboxylic acid groups (broad SMARTS) is 1. The van der Waals surface area contributed by atoms with Crippen LogP contribution in [0.2, 0.25) is 0 Å². The summed E-state index contributed by atoms with van der Waals surface area (Å²) in [5.41, 5.74) is 0. The van der Waals surface area contributed by atoms with Crippen LogP contribution >= 0.6 is 0 Å². The third-order valence-electron chi connectivity index (χ3n) is 3.31. The lowest BCUT2D eigenvalue weighted by Crippen LogP contribution is -2.34. The van der Waals surface area contributed by atoms with E-state index in [4.69, 9.17) is 9.84 Å². The van der Waals surface area contributed by atoms with E-state index in [1.54, 1.807) is 0 Å². The van der Waals surface area contributed by atoms with Gasteiger partial charge in [-0.1, -0.05) is 12.2 Å². The molecule has 1 saturated carbocycles. The highest BCUT2D eigenvalue weighted by atomic mass is 16.5. The van der Waals surface area contributed by atoms with Crippen LogP contribution in [-0.4, -0.2) is 23.8 Å². The molecule has 3 nitrogen and oxygen atoms in total. The first kappa shape index (κ1) is 9.71. The summed E-state index contributed by atoms with van der Waals surface area (Å²) in [6, 6.07) is 0. The predicted molar refractivity (Wildman–Crippen MR) is 51.9 cm³/mol. The van der Waals surface area contributed by atoms with Crippen LogP contribution in [0, 0.1) is 17.8 Å². The van der Waals surface area contributed by atoms with Crippen LogP contribution in [0.15, 0.2) is 12.2 Å². The molecular formula is C11H16O3. The van der Waals surface area contributed by atoms with Gasteiger partial charge in [-0.05, 0) is 31.6 Å². The monoisotopic (exact) mass is 196 g/mol. The van der Waals surface area contributed by atoms with Crippen molar-refractivity contribution in [2.75, 3.05) is 6.61 Å². The van der Waals surface area contributed by atoms with E-state index in [1.807, 2.05) is 6.92 Å². The Labute approximate surface area is 83.8 Å². The van der Waals surface area contributed by atoms with Crippen LogP contribution in [0.25, 0.3) is 0 Å². The van der Waals surface area contributed by atoms with Gasteiger partial charge in [-0.15, -0.1) is 0 Å². The molecule has 0 aromatic rings. The molecule has 3 heteroatoms. The van der Waals surface area contributed by atoms with E-state index in [0.717, 1.165) is 12.8 Å². The topological polar surface area (TPSA) is 46.5 Å². The van der Waals surface area contributed by atoms with Gasteiger partial charge in [-0.25, -0.2) is 4.79 Å². The molecule has 2 rings (SSSR count). The Hall–Kier alpha value is -0.830. The fourth-order valence-electron chi connectivity index (χ4n) is 2.73. The Bertz CT molecular complexity index is 259. The highest BCUT2D eigenvalue weighted by Crippen LogP contribution is 2.45. The quantitative estimate of drug-likeness (QED) is 0.696. The molecule has 4 unspecified atom stereocenters. The number of carboxylic acids is 1. The minimum Gasteiger partial charge on any atom is -0.479 e. The number of hydrogen-bond donors (Lipinski definition) is 1. The normalized spacial score (nSPS) is 36.2. The van der Waals surface area contributed by atoms with Gasteiger partial charge >= 0.3 is 5.97 Å². The molecule has 0 aromatic carbocycles. The molecule has 0 spiro atoms. The number of aliphatic carboxylic acids is 1. The van der Waals surface area contributed by atoms with E-state index < -0.39 is 12.1 Å². The van der Waals surface area contributed by atoms with Crippen molar-refractivity contribution in [3.8, 4) is 0 Å². The number of carbonyl (C=O) groups is 1. The Kier molecular flexibility index (Phi) is 2.59. The second kappa shape index (κ2) is 3.73. The van der Waals surface area contributed by atoms with E-state index in [-0.39, 0.29) is 5.92 Å². The first-order valence-electron chi connectivity index (χ1n) is 5.25. The summed E-state index contributed by atoms with van der Waals surface area (Å²) in [6.45, 7) is 2.33. The highest BCUT2D eigenvalue weighted by molar-refractivity contribution is 5.73. The number of ether oxygens (including phenoxy) is 1. The molecule has 2 aliphatic carbocycles. The van der Waals surface area contributed by atoms with E-state index in [1.165, 1.54) is 0 Å². The van der Waals surface area contributed by atoms with Crippen molar-refractivity contribution < 1.29 is 14.6 Å². The van der Waals surface area contributed by atoms with Gasteiger partial charge in [0.15, 0.2) is 6.10 Å². The van der Waals surface area contributed by atoms with Gasteiger partial charge in [0.2, 0.25) is 0 Å². The minimum atomic E-state index is -0.808. The van der Waals surface area contributed by atoms with Crippen LogP contribution in [0.1, 0.15) is 19.8 Å². The molecule has 2 bridgehead atoms. The molecule has 1 fully saturated rings. The maximum atomic E-state index is 11.0. The zero-order chi connectivity index (χ0) is 10.1. The maximum absolute atomic E-state index is 11.0. The standard InChI is InChI=1S/C11H16O3/c1-2-14-10(11(12)13)9-6-7-3-4-8(9)5-7/h3-4,7-10H,2,5-6H2,1H3,(H,12,13). The molecule has 0 saturated heterocycles. The SMILES string of the molecule is CCOC(C(=O)O)C1CC2C=CC1C2. The van der Waals surface area contributed by atoms with Crippen LogP contribution in [0.3, 0.4) is 0 Å². The fourth-order valence-corrected chi connectivity index (χ4v) is 2.73. The number of fused-ring (bicyclic) bond motifs is 2. The number of allylic oxidation sites excluding steroid dienone is 2. The number of hydrogen-bond acceptors (Lipinski definition) is 2. The summed E-state index contributed by atoms with van der Waals surface area (Å²) in [6.07, 6.45) is 5.89. The molecule has 0 heterocycles. The van der Waals surface area contributed by atoms with Crippen molar-refractivity contribution in [1.29, 1.82) is 0 Å². The molecule has 14 heavy (non-hydrogen) atoms. The van der Waals surface area contributed by atoms with Gasteiger partial charge in [0, 0.05) is 12.5 Å². The Morgan fingerprint density at radius 3 is 2.79 bits per heavy atom. The summed E-state index contributed by atoms with van der Waals surface area (Å²) < 4.78 is 5.31. The number of rotatable bonds is 4. The van der Waals surface area contributed by atoms with Crippen LogP contribution in [-0.2, 0) is 9.53 Å². The third-order valence-corrected chi connectivity index (χ3v) is 3.31. The minimum absolute atomic E-state index is 0.197. The summed E-state index contributed by atoms with van der Waals surface area (Å²) in [5, 5.41) is 9.04. The average molecular weight is 196 g/mol. The summed E-state index contributed by atoms with van der Waals surface area (Å²) in [5.74, 6) is 0.431. The lowest BCUT2D eigenvalue weighted by molar-refractivity contribution is -0.154. The zero-order valence-corrected chi connectivity index (χ0v) is 8.35. The van der Waals surface area contributed by atoms with Crippen molar-refractivity contribution in [2.45, 2.75) is 25.9 Å². The van der Waals surface area contributed by atoms with Crippen LogP contribution in [0.5, 0.6) is 0 Å². The van der Waals surface area contributed by atoms with Crippen LogP contribution in [0.4, 0.5) is 0 Å².